The molecule has 132 valence electrons. The highest BCUT2D eigenvalue weighted by atomic mass is 16.2. The third-order valence-corrected chi connectivity index (χ3v) is 5.14. The number of hydrogen-bond donors (Lipinski definition) is 0. The zero-order chi connectivity index (χ0) is 17.7. The highest BCUT2D eigenvalue weighted by Crippen LogP contribution is 2.33. The summed E-state index contributed by atoms with van der Waals surface area (Å²) in [4.78, 5) is 37.4. The highest BCUT2D eigenvalue weighted by Gasteiger charge is 2.54. The van der Waals surface area contributed by atoms with Crippen molar-refractivity contribution in [3.63, 3.8) is 0 Å². The standard InChI is InChI=1S/C18H23N5O2/c1-4-8-23-16(24)14-15(20(3)18(23)25)19-17-21(9-10-22(14)17)13-7-5-6-12(2)11-13/h5-7,11,14-15H,4,8-10H2,1-3H3. The lowest BCUT2D eigenvalue weighted by Gasteiger charge is -2.40. The number of fused-ring (bicyclic) bond motifs is 3. The lowest BCUT2D eigenvalue weighted by atomic mass is 10.1. The Balaban J connectivity index is 1.68. The second kappa shape index (κ2) is 5.75. The van der Waals surface area contributed by atoms with Crippen LogP contribution in [0.5, 0.6) is 0 Å². The van der Waals surface area contributed by atoms with Gasteiger partial charge in [-0.05, 0) is 31.0 Å². The van der Waals surface area contributed by atoms with Gasteiger partial charge >= 0.3 is 6.03 Å². The number of aliphatic imine (C=N–C) groups is 1. The van der Waals surface area contributed by atoms with Crippen molar-refractivity contribution in [1.29, 1.82) is 0 Å². The van der Waals surface area contributed by atoms with Crippen LogP contribution in [0.1, 0.15) is 18.9 Å². The van der Waals surface area contributed by atoms with Crippen LogP contribution in [0.15, 0.2) is 29.3 Å². The van der Waals surface area contributed by atoms with Crippen molar-refractivity contribution in [2.24, 2.45) is 4.99 Å². The van der Waals surface area contributed by atoms with Gasteiger partial charge in [0.1, 0.15) is 0 Å². The van der Waals surface area contributed by atoms with Gasteiger partial charge in [0.2, 0.25) is 5.96 Å². The summed E-state index contributed by atoms with van der Waals surface area (Å²) in [5, 5.41) is 0. The van der Waals surface area contributed by atoms with E-state index in [0.29, 0.717) is 6.54 Å². The Kier molecular flexibility index (Phi) is 3.67. The van der Waals surface area contributed by atoms with Gasteiger partial charge in [-0.15, -0.1) is 0 Å². The molecule has 0 spiro atoms. The first-order valence-corrected chi connectivity index (χ1v) is 8.79. The van der Waals surface area contributed by atoms with Crippen LogP contribution in [-0.2, 0) is 4.79 Å². The third kappa shape index (κ3) is 2.29. The average molecular weight is 341 g/mol. The summed E-state index contributed by atoms with van der Waals surface area (Å²) in [7, 11) is 1.73. The third-order valence-electron chi connectivity index (χ3n) is 5.14. The Morgan fingerprint density at radius 1 is 1.24 bits per heavy atom. The van der Waals surface area contributed by atoms with Crippen LogP contribution in [0.25, 0.3) is 0 Å². The maximum absolute atomic E-state index is 12.9. The molecule has 7 nitrogen and oxygen atoms in total. The van der Waals surface area contributed by atoms with Gasteiger partial charge < -0.3 is 14.7 Å². The number of guanidine groups is 1. The maximum atomic E-state index is 12.9. The molecule has 3 amide bonds. The van der Waals surface area contributed by atoms with E-state index in [1.165, 1.54) is 10.5 Å². The molecule has 0 aromatic heterocycles. The molecule has 0 aliphatic carbocycles. The fourth-order valence-electron chi connectivity index (χ4n) is 3.91. The number of anilines is 1. The van der Waals surface area contributed by atoms with Crippen LogP contribution >= 0.6 is 0 Å². The molecule has 1 aromatic rings. The van der Waals surface area contributed by atoms with Crippen LogP contribution < -0.4 is 4.90 Å². The topological polar surface area (TPSA) is 59.5 Å². The predicted octanol–water partition coefficient (Wildman–Crippen LogP) is 1.49. The Bertz CT molecular complexity index is 762. The number of carbonyl (C=O) groups excluding carboxylic acids is 2. The Morgan fingerprint density at radius 2 is 2.04 bits per heavy atom. The number of hydrogen-bond acceptors (Lipinski definition) is 5. The van der Waals surface area contributed by atoms with E-state index >= 15 is 0 Å². The van der Waals surface area contributed by atoms with E-state index < -0.39 is 12.2 Å². The Morgan fingerprint density at radius 3 is 2.76 bits per heavy atom. The van der Waals surface area contributed by atoms with E-state index in [1.807, 2.05) is 13.0 Å². The number of amides is 3. The van der Waals surface area contributed by atoms with Crippen LogP contribution in [0.2, 0.25) is 0 Å². The minimum absolute atomic E-state index is 0.125. The largest absolute Gasteiger partial charge is 0.328 e. The van der Waals surface area contributed by atoms with Crippen molar-refractivity contribution in [3.05, 3.63) is 29.8 Å². The second-order valence-corrected chi connectivity index (χ2v) is 6.85. The van der Waals surface area contributed by atoms with Gasteiger partial charge in [-0.1, -0.05) is 19.1 Å². The van der Waals surface area contributed by atoms with Crippen molar-refractivity contribution in [1.82, 2.24) is 14.7 Å². The molecule has 0 saturated carbocycles. The molecule has 1 aromatic carbocycles. The number of carbonyl (C=O) groups is 2. The van der Waals surface area contributed by atoms with Crippen molar-refractivity contribution >= 4 is 23.6 Å². The highest BCUT2D eigenvalue weighted by molar-refractivity contribution is 6.07. The number of aryl methyl sites for hydroxylation is 1. The van der Waals surface area contributed by atoms with Crippen LogP contribution in [0, 0.1) is 6.92 Å². The van der Waals surface area contributed by atoms with E-state index in [-0.39, 0.29) is 11.9 Å². The lowest BCUT2D eigenvalue weighted by Crippen LogP contribution is -2.64. The van der Waals surface area contributed by atoms with Gasteiger partial charge in [0.05, 0.1) is 0 Å². The smallest absolute Gasteiger partial charge is 0.325 e. The van der Waals surface area contributed by atoms with Crippen molar-refractivity contribution in [3.8, 4) is 0 Å². The summed E-state index contributed by atoms with van der Waals surface area (Å²) in [6.07, 6.45) is 0.321. The number of rotatable bonds is 3. The number of nitrogens with zero attached hydrogens (tertiary/aromatic N) is 5. The summed E-state index contributed by atoms with van der Waals surface area (Å²) in [6.45, 7) is 6.02. The first kappa shape index (κ1) is 15.9. The van der Waals surface area contributed by atoms with Gasteiger partial charge in [0, 0.05) is 32.4 Å². The average Bonchev–Trinajstić information content (AvgIpc) is 3.16. The minimum Gasteiger partial charge on any atom is -0.325 e. The SMILES string of the molecule is CCCN1C(=O)C2C(N=C3N(c4cccc(C)c4)CCN32)N(C)C1=O. The van der Waals surface area contributed by atoms with Gasteiger partial charge in [-0.2, -0.15) is 0 Å². The molecule has 0 bridgehead atoms. The molecule has 4 rings (SSSR count). The minimum atomic E-state index is -0.435. The zero-order valence-electron chi connectivity index (χ0n) is 14.8. The maximum Gasteiger partial charge on any atom is 0.328 e. The summed E-state index contributed by atoms with van der Waals surface area (Å²) >= 11 is 0. The summed E-state index contributed by atoms with van der Waals surface area (Å²) in [5.41, 5.74) is 2.26. The molecular weight excluding hydrogens is 318 g/mol. The van der Waals surface area contributed by atoms with E-state index in [2.05, 4.69) is 34.9 Å². The van der Waals surface area contributed by atoms with Crippen molar-refractivity contribution in [2.75, 3.05) is 31.6 Å². The number of imide groups is 1. The van der Waals surface area contributed by atoms with E-state index in [4.69, 9.17) is 4.99 Å². The molecule has 0 radical (unpaired) electrons. The van der Waals surface area contributed by atoms with Crippen LogP contribution in [0.3, 0.4) is 0 Å². The summed E-state index contributed by atoms with van der Waals surface area (Å²) in [5.74, 6) is 0.673. The monoisotopic (exact) mass is 341 g/mol. The molecular formula is C18H23N5O2. The molecule has 3 heterocycles. The molecule has 2 atom stereocenters. The number of likely N-dealkylation sites (N-methyl/N-ethyl adjacent to an activating group) is 1. The van der Waals surface area contributed by atoms with E-state index in [1.54, 1.807) is 11.9 Å². The molecule has 3 aliphatic rings. The van der Waals surface area contributed by atoms with E-state index in [9.17, 15) is 9.59 Å². The predicted molar refractivity (Wildman–Crippen MR) is 95.4 cm³/mol. The van der Waals surface area contributed by atoms with Gasteiger partial charge in [-0.25, -0.2) is 9.79 Å². The summed E-state index contributed by atoms with van der Waals surface area (Å²) in [6, 6.07) is 7.61. The van der Waals surface area contributed by atoms with Gasteiger partial charge in [0.15, 0.2) is 12.2 Å². The molecule has 2 fully saturated rings. The molecule has 0 N–H and O–H groups in total. The Labute approximate surface area is 147 Å². The van der Waals surface area contributed by atoms with Crippen LogP contribution in [0.4, 0.5) is 10.5 Å². The first-order valence-electron chi connectivity index (χ1n) is 8.79. The lowest BCUT2D eigenvalue weighted by molar-refractivity contribution is -0.137. The molecule has 2 unspecified atom stereocenters. The van der Waals surface area contributed by atoms with Crippen LogP contribution in [-0.4, -0.2) is 71.5 Å². The van der Waals surface area contributed by atoms with Crippen molar-refractivity contribution in [2.45, 2.75) is 32.5 Å². The number of urea groups is 1. The van der Waals surface area contributed by atoms with Gasteiger partial charge in [-0.3, -0.25) is 9.69 Å². The fourth-order valence-corrected chi connectivity index (χ4v) is 3.91. The summed E-state index contributed by atoms with van der Waals surface area (Å²) < 4.78 is 0. The quantitative estimate of drug-likeness (QED) is 0.836. The molecule has 7 heteroatoms. The zero-order valence-corrected chi connectivity index (χ0v) is 14.8. The normalized spacial score (nSPS) is 25.5. The first-order chi connectivity index (χ1) is 12.0. The molecule has 25 heavy (non-hydrogen) atoms. The second-order valence-electron chi connectivity index (χ2n) is 6.85. The number of benzene rings is 1. The van der Waals surface area contributed by atoms with Gasteiger partial charge in [0.25, 0.3) is 5.91 Å². The van der Waals surface area contributed by atoms with E-state index in [0.717, 1.165) is 31.2 Å². The van der Waals surface area contributed by atoms with Crippen molar-refractivity contribution < 1.29 is 9.59 Å². The molecule has 3 aliphatic heterocycles. The molecule has 2 saturated heterocycles. The Hall–Kier alpha value is -2.57. The fraction of sp³-hybridized carbons (Fsp3) is 0.500.